The van der Waals surface area contributed by atoms with Crippen molar-refractivity contribution in [3.8, 4) is 0 Å². The molecule has 0 aliphatic rings. The fourth-order valence-corrected chi connectivity index (χ4v) is 2.19. The third kappa shape index (κ3) is 4.22. The van der Waals surface area contributed by atoms with Crippen LogP contribution in [0.15, 0.2) is 30.3 Å². The van der Waals surface area contributed by atoms with Crippen molar-refractivity contribution < 1.29 is 5.11 Å². The van der Waals surface area contributed by atoms with Crippen molar-refractivity contribution in [2.24, 2.45) is 11.5 Å². The van der Waals surface area contributed by atoms with Crippen molar-refractivity contribution in [3.05, 3.63) is 35.9 Å². The van der Waals surface area contributed by atoms with Crippen LogP contribution >= 0.6 is 11.8 Å². The van der Waals surface area contributed by atoms with E-state index in [1.807, 2.05) is 18.2 Å². The number of hydrogen-bond donors (Lipinski definition) is 3. The van der Waals surface area contributed by atoms with Gasteiger partial charge in [-0.25, -0.2) is 0 Å². The molecule has 3 nitrogen and oxygen atoms in total. The van der Waals surface area contributed by atoms with E-state index in [1.54, 1.807) is 18.7 Å². The molecule has 0 bridgehead atoms. The molecular weight excluding hydrogens is 208 g/mol. The molecule has 15 heavy (non-hydrogen) atoms. The molecule has 2 unspecified atom stereocenters. The fourth-order valence-electron chi connectivity index (χ4n) is 1.05. The average molecular weight is 226 g/mol. The molecule has 0 spiro atoms. The smallest absolute Gasteiger partial charge is 0.121 e. The van der Waals surface area contributed by atoms with E-state index >= 15 is 0 Å². The third-order valence-electron chi connectivity index (χ3n) is 2.20. The van der Waals surface area contributed by atoms with Crippen LogP contribution in [0.2, 0.25) is 0 Å². The summed E-state index contributed by atoms with van der Waals surface area (Å²) in [5.74, 6) is 1.53. The normalized spacial score (nSPS) is 17.1. The maximum atomic E-state index is 9.22. The van der Waals surface area contributed by atoms with Gasteiger partial charge < -0.3 is 16.6 Å². The first-order valence-electron chi connectivity index (χ1n) is 4.86. The van der Waals surface area contributed by atoms with Gasteiger partial charge in [0, 0.05) is 11.5 Å². The van der Waals surface area contributed by atoms with Gasteiger partial charge >= 0.3 is 0 Å². The molecule has 1 rings (SSSR count). The Morgan fingerprint density at radius 2 is 2.00 bits per heavy atom. The molecule has 2 atom stereocenters. The Kier molecular flexibility index (Phi) is 4.60. The summed E-state index contributed by atoms with van der Waals surface area (Å²) in [5, 5.41) is 9.22. The summed E-state index contributed by atoms with van der Waals surface area (Å²) in [6.45, 7) is 1.76. The maximum Gasteiger partial charge on any atom is 0.121 e. The lowest BCUT2D eigenvalue weighted by Crippen LogP contribution is -2.54. The van der Waals surface area contributed by atoms with Gasteiger partial charge in [0.05, 0.1) is 5.54 Å². The number of hydrogen-bond acceptors (Lipinski definition) is 4. The zero-order valence-corrected chi connectivity index (χ0v) is 9.70. The van der Waals surface area contributed by atoms with Gasteiger partial charge in [0.15, 0.2) is 0 Å². The Morgan fingerprint density at radius 1 is 1.40 bits per heavy atom. The number of aliphatic hydroxyl groups is 1. The molecule has 0 aliphatic heterocycles. The summed E-state index contributed by atoms with van der Waals surface area (Å²) in [4.78, 5) is 0. The monoisotopic (exact) mass is 226 g/mol. The predicted molar refractivity (Wildman–Crippen MR) is 65.4 cm³/mol. The van der Waals surface area contributed by atoms with Crippen LogP contribution in [0.25, 0.3) is 0 Å². The summed E-state index contributed by atoms with van der Waals surface area (Å²) >= 11 is 1.68. The quantitative estimate of drug-likeness (QED) is 0.653. The van der Waals surface area contributed by atoms with E-state index in [0.29, 0.717) is 5.75 Å². The molecule has 0 heterocycles. The first-order valence-corrected chi connectivity index (χ1v) is 6.02. The molecule has 0 saturated heterocycles. The van der Waals surface area contributed by atoms with Crippen LogP contribution in [0.5, 0.6) is 0 Å². The van der Waals surface area contributed by atoms with Gasteiger partial charge in [-0.05, 0) is 12.5 Å². The lowest BCUT2D eigenvalue weighted by Gasteiger charge is -2.26. The van der Waals surface area contributed by atoms with E-state index in [4.69, 9.17) is 11.5 Å². The zero-order chi connectivity index (χ0) is 11.3. The standard InChI is InChI=1S/C11H18N2OS/c1-11(13,10(12)14)8-15-7-9-5-3-2-4-6-9/h2-6,10,14H,7-8,12-13H2,1H3. The molecule has 0 saturated carbocycles. The van der Waals surface area contributed by atoms with Gasteiger partial charge in [0.1, 0.15) is 6.23 Å². The molecule has 1 aromatic rings. The van der Waals surface area contributed by atoms with Crippen molar-refractivity contribution >= 4 is 11.8 Å². The second-order valence-corrected chi connectivity index (χ2v) is 4.91. The lowest BCUT2D eigenvalue weighted by atomic mass is 10.1. The first-order chi connectivity index (χ1) is 7.02. The molecule has 1 aromatic carbocycles. The van der Waals surface area contributed by atoms with E-state index in [1.165, 1.54) is 5.56 Å². The van der Waals surface area contributed by atoms with Crippen molar-refractivity contribution in [2.75, 3.05) is 5.75 Å². The molecular formula is C11H18N2OS. The van der Waals surface area contributed by atoms with Gasteiger partial charge in [-0.2, -0.15) is 11.8 Å². The molecule has 4 heteroatoms. The van der Waals surface area contributed by atoms with Crippen LogP contribution in [0.4, 0.5) is 0 Å². The minimum atomic E-state index is -0.972. The number of benzene rings is 1. The molecule has 5 N–H and O–H groups in total. The number of nitrogens with two attached hydrogens (primary N) is 2. The molecule has 0 amide bonds. The van der Waals surface area contributed by atoms with Crippen molar-refractivity contribution in [2.45, 2.75) is 24.4 Å². The first kappa shape index (κ1) is 12.5. The van der Waals surface area contributed by atoms with Gasteiger partial charge in [-0.15, -0.1) is 0 Å². The highest BCUT2D eigenvalue weighted by molar-refractivity contribution is 7.98. The molecule has 0 aliphatic carbocycles. The lowest BCUT2D eigenvalue weighted by molar-refractivity contribution is 0.113. The highest BCUT2D eigenvalue weighted by atomic mass is 32.2. The SMILES string of the molecule is CC(N)(CSCc1ccccc1)C(N)O. The Bertz CT molecular complexity index is 288. The summed E-state index contributed by atoms with van der Waals surface area (Å²) in [7, 11) is 0. The van der Waals surface area contributed by atoms with E-state index in [0.717, 1.165) is 5.75 Å². The minimum Gasteiger partial charge on any atom is -0.377 e. The maximum absolute atomic E-state index is 9.22. The van der Waals surface area contributed by atoms with Crippen molar-refractivity contribution in [3.63, 3.8) is 0 Å². The van der Waals surface area contributed by atoms with Gasteiger partial charge in [-0.3, -0.25) is 0 Å². The van der Waals surface area contributed by atoms with Gasteiger partial charge in [0.25, 0.3) is 0 Å². The average Bonchev–Trinajstić information content (AvgIpc) is 2.19. The van der Waals surface area contributed by atoms with Gasteiger partial charge in [0.2, 0.25) is 0 Å². The van der Waals surface area contributed by atoms with E-state index in [2.05, 4.69) is 12.1 Å². The molecule has 0 aromatic heterocycles. The largest absolute Gasteiger partial charge is 0.377 e. The highest BCUT2D eigenvalue weighted by Crippen LogP contribution is 2.17. The van der Waals surface area contributed by atoms with Gasteiger partial charge in [-0.1, -0.05) is 30.3 Å². The van der Waals surface area contributed by atoms with E-state index in [9.17, 15) is 5.11 Å². The van der Waals surface area contributed by atoms with E-state index in [-0.39, 0.29) is 0 Å². The van der Waals surface area contributed by atoms with Crippen LogP contribution in [0.3, 0.4) is 0 Å². The summed E-state index contributed by atoms with van der Waals surface area (Å²) in [6, 6.07) is 10.1. The Morgan fingerprint density at radius 3 is 2.53 bits per heavy atom. The highest BCUT2D eigenvalue weighted by Gasteiger charge is 2.24. The molecule has 0 radical (unpaired) electrons. The third-order valence-corrected chi connectivity index (χ3v) is 3.56. The zero-order valence-electron chi connectivity index (χ0n) is 8.89. The topological polar surface area (TPSA) is 72.3 Å². The van der Waals surface area contributed by atoms with Crippen molar-refractivity contribution in [1.82, 2.24) is 0 Å². The van der Waals surface area contributed by atoms with Crippen LogP contribution in [-0.4, -0.2) is 22.6 Å². The van der Waals surface area contributed by atoms with Crippen molar-refractivity contribution in [1.29, 1.82) is 0 Å². The fraction of sp³-hybridized carbons (Fsp3) is 0.455. The van der Waals surface area contributed by atoms with Crippen LogP contribution < -0.4 is 11.5 Å². The Balaban J connectivity index is 2.34. The second-order valence-electron chi connectivity index (χ2n) is 3.93. The molecule has 0 fully saturated rings. The number of thioether (sulfide) groups is 1. The summed E-state index contributed by atoms with van der Waals surface area (Å²) in [5.41, 5.74) is 11.7. The summed E-state index contributed by atoms with van der Waals surface area (Å²) in [6.07, 6.45) is -0.972. The Labute approximate surface area is 94.9 Å². The Hall–Kier alpha value is -0.550. The summed E-state index contributed by atoms with van der Waals surface area (Å²) < 4.78 is 0. The van der Waals surface area contributed by atoms with Crippen LogP contribution in [0, 0.1) is 0 Å². The van der Waals surface area contributed by atoms with Crippen LogP contribution in [0.1, 0.15) is 12.5 Å². The van der Waals surface area contributed by atoms with Crippen LogP contribution in [-0.2, 0) is 5.75 Å². The number of aliphatic hydroxyl groups excluding tert-OH is 1. The second kappa shape index (κ2) is 5.51. The minimum absolute atomic E-state index is 0.638. The molecule has 84 valence electrons. The number of rotatable bonds is 5. The van der Waals surface area contributed by atoms with E-state index < -0.39 is 11.8 Å². The predicted octanol–water partition coefficient (Wildman–Crippen LogP) is 0.914.